The van der Waals surface area contributed by atoms with Gasteiger partial charge in [0.1, 0.15) is 12.4 Å². The second-order valence-electron chi connectivity index (χ2n) is 7.62. The molecule has 0 aromatic heterocycles. The minimum absolute atomic E-state index is 0.121. The predicted octanol–water partition coefficient (Wildman–Crippen LogP) is 1.49. The molecule has 2 rings (SSSR count). The first-order valence-corrected chi connectivity index (χ1v) is 11.1. The molecular formula is C19H31N3O5S. The second kappa shape index (κ2) is 9.11. The van der Waals surface area contributed by atoms with Crippen molar-refractivity contribution in [2.45, 2.75) is 26.0 Å². The van der Waals surface area contributed by atoms with Crippen LogP contribution in [-0.2, 0) is 14.8 Å². The van der Waals surface area contributed by atoms with Crippen LogP contribution in [0.1, 0.15) is 24.2 Å². The van der Waals surface area contributed by atoms with Crippen LogP contribution in [0.2, 0.25) is 0 Å². The fraction of sp³-hybridized carbons (Fsp3) is 0.632. The number of rotatable bonds is 3. The summed E-state index contributed by atoms with van der Waals surface area (Å²) in [6, 6.07) is 4.87. The minimum atomic E-state index is -3.45. The lowest BCUT2D eigenvalue weighted by atomic mass is 10.0. The maximum absolute atomic E-state index is 13.1. The van der Waals surface area contributed by atoms with Crippen molar-refractivity contribution in [2.24, 2.45) is 5.92 Å². The summed E-state index contributed by atoms with van der Waals surface area (Å²) in [4.78, 5) is 16.9. The third-order valence-electron chi connectivity index (χ3n) is 5.06. The van der Waals surface area contributed by atoms with Crippen molar-refractivity contribution in [1.29, 1.82) is 0 Å². The Balaban J connectivity index is 2.43. The van der Waals surface area contributed by atoms with Crippen molar-refractivity contribution < 1.29 is 22.7 Å². The molecule has 0 saturated carbocycles. The number of carbonyl (C=O) groups excluding carboxylic acids is 1. The van der Waals surface area contributed by atoms with E-state index in [1.54, 1.807) is 31.2 Å². The Kier molecular flexibility index (Phi) is 7.30. The number of carbonyl (C=O) groups is 1. The van der Waals surface area contributed by atoms with Crippen LogP contribution in [0.25, 0.3) is 0 Å². The molecule has 1 heterocycles. The zero-order valence-electron chi connectivity index (χ0n) is 17.4. The maximum atomic E-state index is 13.1. The van der Waals surface area contributed by atoms with Gasteiger partial charge in [-0.25, -0.2) is 8.42 Å². The average molecular weight is 414 g/mol. The van der Waals surface area contributed by atoms with E-state index in [4.69, 9.17) is 9.47 Å². The fourth-order valence-electron chi connectivity index (χ4n) is 3.24. The molecule has 1 N–H and O–H groups in total. The Bertz CT molecular complexity index is 799. The van der Waals surface area contributed by atoms with Crippen LogP contribution in [0.4, 0.5) is 5.69 Å². The zero-order chi connectivity index (χ0) is 21.1. The van der Waals surface area contributed by atoms with Gasteiger partial charge < -0.3 is 14.4 Å². The number of sulfonamides is 1. The SMILES string of the molecule is CO[C@@H]1CN(C)C(=O)c2cc(NS(C)(=O)=O)ccc2OC[C@@H](C)N(C)C[C@@H]1C. The van der Waals surface area contributed by atoms with Gasteiger partial charge in [0.2, 0.25) is 10.0 Å². The summed E-state index contributed by atoms with van der Waals surface area (Å²) in [6.45, 7) is 5.80. The van der Waals surface area contributed by atoms with Crippen LogP contribution >= 0.6 is 0 Å². The van der Waals surface area contributed by atoms with Gasteiger partial charge >= 0.3 is 0 Å². The zero-order valence-corrected chi connectivity index (χ0v) is 18.2. The number of amides is 1. The molecule has 0 bridgehead atoms. The standard InChI is InChI=1S/C19H31N3O5S/c1-13-10-21(3)14(2)12-27-17-8-7-15(20-28(6,24)25)9-16(17)19(23)22(4)11-18(13)26-5/h7-9,13-14,18,20H,10-12H2,1-6H3/t13-,14+,18+/m0/s1. The quantitative estimate of drug-likeness (QED) is 0.808. The van der Waals surface area contributed by atoms with Gasteiger partial charge in [0.05, 0.1) is 17.9 Å². The number of hydrogen-bond donors (Lipinski definition) is 1. The Labute approximate surface area is 167 Å². The van der Waals surface area contributed by atoms with E-state index in [0.29, 0.717) is 30.2 Å². The highest BCUT2D eigenvalue weighted by Gasteiger charge is 2.27. The molecule has 0 radical (unpaired) electrons. The molecule has 1 aliphatic heterocycles. The van der Waals surface area contributed by atoms with Gasteiger partial charge in [0, 0.05) is 39.0 Å². The summed E-state index contributed by atoms with van der Waals surface area (Å²) in [5, 5.41) is 0. The van der Waals surface area contributed by atoms with E-state index in [0.717, 1.165) is 12.8 Å². The highest BCUT2D eigenvalue weighted by atomic mass is 32.2. The van der Waals surface area contributed by atoms with Crippen molar-refractivity contribution in [3.05, 3.63) is 23.8 Å². The van der Waals surface area contributed by atoms with Crippen LogP contribution in [0.5, 0.6) is 5.75 Å². The molecule has 8 nitrogen and oxygen atoms in total. The van der Waals surface area contributed by atoms with Gasteiger partial charge in [-0.05, 0) is 38.1 Å². The Morgan fingerprint density at radius 2 is 1.89 bits per heavy atom. The number of anilines is 1. The summed E-state index contributed by atoms with van der Waals surface area (Å²) in [7, 11) is 1.95. The van der Waals surface area contributed by atoms with Gasteiger partial charge in [-0.2, -0.15) is 0 Å². The van der Waals surface area contributed by atoms with Crippen LogP contribution in [-0.4, -0.2) is 83.4 Å². The first-order chi connectivity index (χ1) is 13.0. The number of likely N-dealkylation sites (N-methyl/N-ethyl adjacent to an activating group) is 2. The van der Waals surface area contributed by atoms with Crippen LogP contribution in [0.3, 0.4) is 0 Å². The Morgan fingerprint density at radius 1 is 1.21 bits per heavy atom. The maximum Gasteiger partial charge on any atom is 0.257 e. The van der Waals surface area contributed by atoms with E-state index in [1.165, 1.54) is 6.07 Å². The lowest BCUT2D eigenvalue weighted by molar-refractivity contribution is 0.0150. The monoisotopic (exact) mass is 413 g/mol. The summed E-state index contributed by atoms with van der Waals surface area (Å²) < 4.78 is 37.1. The van der Waals surface area contributed by atoms with Crippen molar-refractivity contribution in [3.8, 4) is 5.75 Å². The van der Waals surface area contributed by atoms with Gasteiger partial charge in [-0.3, -0.25) is 14.4 Å². The molecule has 0 fully saturated rings. The molecule has 28 heavy (non-hydrogen) atoms. The number of methoxy groups -OCH3 is 1. The molecule has 0 unspecified atom stereocenters. The Morgan fingerprint density at radius 3 is 2.50 bits per heavy atom. The average Bonchev–Trinajstić information content (AvgIpc) is 2.61. The summed E-state index contributed by atoms with van der Waals surface area (Å²) >= 11 is 0. The molecule has 0 aliphatic carbocycles. The molecule has 1 aliphatic rings. The number of hydrogen-bond acceptors (Lipinski definition) is 6. The largest absolute Gasteiger partial charge is 0.491 e. The molecule has 0 spiro atoms. The van der Waals surface area contributed by atoms with Crippen LogP contribution in [0.15, 0.2) is 18.2 Å². The third kappa shape index (κ3) is 5.83. The lowest BCUT2D eigenvalue weighted by Gasteiger charge is -2.34. The van der Waals surface area contributed by atoms with Crippen molar-refractivity contribution in [2.75, 3.05) is 51.9 Å². The molecule has 9 heteroatoms. The summed E-state index contributed by atoms with van der Waals surface area (Å²) in [5.41, 5.74) is 0.634. The number of nitrogens with one attached hydrogen (secondary N) is 1. The first-order valence-electron chi connectivity index (χ1n) is 9.25. The van der Waals surface area contributed by atoms with Crippen molar-refractivity contribution in [1.82, 2.24) is 9.80 Å². The number of nitrogens with zero attached hydrogens (tertiary/aromatic N) is 2. The molecule has 1 aromatic rings. The highest BCUT2D eigenvalue weighted by Crippen LogP contribution is 2.26. The van der Waals surface area contributed by atoms with Crippen LogP contribution < -0.4 is 9.46 Å². The summed E-state index contributed by atoms with van der Waals surface area (Å²) in [6.07, 6.45) is 0.948. The van der Waals surface area contributed by atoms with E-state index >= 15 is 0 Å². The third-order valence-corrected chi connectivity index (χ3v) is 5.67. The molecule has 1 aromatic carbocycles. The Hall–Kier alpha value is -1.84. The van der Waals surface area contributed by atoms with Gasteiger partial charge in [-0.15, -0.1) is 0 Å². The van der Waals surface area contributed by atoms with Gasteiger partial charge in [0.25, 0.3) is 5.91 Å². The lowest BCUT2D eigenvalue weighted by Crippen LogP contribution is -2.45. The molecule has 1 amide bonds. The van der Waals surface area contributed by atoms with E-state index < -0.39 is 10.0 Å². The van der Waals surface area contributed by atoms with Crippen molar-refractivity contribution in [3.63, 3.8) is 0 Å². The minimum Gasteiger partial charge on any atom is -0.491 e. The molecule has 3 atom stereocenters. The normalized spacial score (nSPS) is 25.3. The van der Waals surface area contributed by atoms with E-state index in [9.17, 15) is 13.2 Å². The van der Waals surface area contributed by atoms with E-state index in [2.05, 4.69) is 23.5 Å². The van der Waals surface area contributed by atoms with E-state index in [-0.39, 0.29) is 24.0 Å². The molecule has 0 saturated heterocycles. The predicted molar refractivity (Wildman–Crippen MR) is 109 cm³/mol. The number of ether oxygens (including phenoxy) is 2. The fourth-order valence-corrected chi connectivity index (χ4v) is 3.79. The van der Waals surface area contributed by atoms with Gasteiger partial charge in [0.15, 0.2) is 0 Å². The molecule has 158 valence electrons. The number of benzene rings is 1. The topological polar surface area (TPSA) is 88.2 Å². The van der Waals surface area contributed by atoms with E-state index in [1.807, 2.05) is 7.05 Å². The molecular weight excluding hydrogens is 382 g/mol. The van der Waals surface area contributed by atoms with Gasteiger partial charge in [-0.1, -0.05) is 6.92 Å². The van der Waals surface area contributed by atoms with Crippen LogP contribution in [0, 0.1) is 5.92 Å². The second-order valence-corrected chi connectivity index (χ2v) is 9.37. The van der Waals surface area contributed by atoms with Crippen molar-refractivity contribution >= 4 is 21.6 Å². The highest BCUT2D eigenvalue weighted by molar-refractivity contribution is 7.92. The first kappa shape index (κ1) is 22.4. The smallest absolute Gasteiger partial charge is 0.257 e. The summed E-state index contributed by atoms with van der Waals surface area (Å²) in [5.74, 6) is 0.395. The number of fused-ring (bicyclic) bond motifs is 1.